The monoisotopic (exact) mass is 450 g/mol. The number of nitrogens with one attached hydrogen (secondary N) is 3. The Hall–Kier alpha value is -3.92. The van der Waals surface area contributed by atoms with E-state index in [-0.39, 0.29) is 11.7 Å². The van der Waals surface area contributed by atoms with Gasteiger partial charge in [0.25, 0.3) is 5.91 Å². The maximum Gasteiger partial charge on any atom is 0.255 e. The molecular weight excluding hydrogens is 426 g/mol. The number of H-pyrrole nitrogens is 1. The standard InChI is InChI=1S/C22H23N7O2S/c23-21-18(8-9-19(28-21)24-11-4-14-29-26-12-13-27-29)22(30)25-15-17-7-10-20(32-17)31-16-5-2-1-3-6-16/h1-3,5-10,12-13H,4,11,14-15H2,(H,25,30)(H3,23,24,28)/p+1. The second-order valence-corrected chi connectivity index (χ2v) is 8.04. The molecule has 0 saturated heterocycles. The molecule has 9 nitrogen and oxygen atoms in total. The van der Waals surface area contributed by atoms with Gasteiger partial charge in [-0.3, -0.25) is 4.79 Å². The zero-order chi connectivity index (χ0) is 22.2. The lowest BCUT2D eigenvalue weighted by Gasteiger charge is -2.09. The van der Waals surface area contributed by atoms with Crippen molar-refractivity contribution in [2.45, 2.75) is 19.5 Å². The number of amides is 1. The Labute approximate surface area is 189 Å². The zero-order valence-electron chi connectivity index (χ0n) is 17.3. The molecule has 5 N–H and O–H groups in total. The second kappa shape index (κ2) is 10.4. The minimum atomic E-state index is -0.269. The van der Waals surface area contributed by atoms with Crippen LogP contribution in [0.1, 0.15) is 21.7 Å². The van der Waals surface area contributed by atoms with Crippen LogP contribution < -0.4 is 26.2 Å². The van der Waals surface area contributed by atoms with Crippen molar-refractivity contribution in [3.8, 4) is 10.8 Å². The first-order valence-electron chi connectivity index (χ1n) is 10.2. The van der Waals surface area contributed by atoms with E-state index in [1.54, 1.807) is 29.3 Å². The number of nitrogens with two attached hydrogens (primary N) is 1. The number of nitrogen functional groups attached to an aromatic ring is 1. The summed E-state index contributed by atoms with van der Waals surface area (Å²) in [5.74, 6) is 1.32. The fraction of sp³-hybridized carbons (Fsp3) is 0.182. The molecule has 0 spiro atoms. The van der Waals surface area contributed by atoms with E-state index in [0.29, 0.717) is 24.5 Å². The molecule has 0 aliphatic carbocycles. The summed E-state index contributed by atoms with van der Waals surface area (Å²) >= 11 is 1.48. The van der Waals surface area contributed by atoms with Crippen molar-refractivity contribution < 1.29 is 14.6 Å². The lowest BCUT2D eigenvalue weighted by atomic mass is 10.2. The van der Waals surface area contributed by atoms with Crippen LogP contribution in [0.25, 0.3) is 0 Å². The molecule has 0 aliphatic heterocycles. The number of hydrogen-bond donors (Lipinski definition) is 3. The predicted molar refractivity (Wildman–Crippen MR) is 123 cm³/mol. The number of carbonyl (C=O) groups is 1. The number of anilines is 2. The number of hydrogen-bond acceptors (Lipinski definition) is 7. The molecule has 32 heavy (non-hydrogen) atoms. The smallest absolute Gasteiger partial charge is 0.255 e. The second-order valence-electron chi connectivity index (χ2n) is 6.91. The third-order valence-corrected chi connectivity index (χ3v) is 5.51. The van der Waals surface area contributed by atoms with Crippen LogP contribution >= 0.6 is 11.3 Å². The number of rotatable bonds is 10. The van der Waals surface area contributed by atoms with Crippen LogP contribution in [-0.4, -0.2) is 27.3 Å². The van der Waals surface area contributed by atoms with E-state index in [4.69, 9.17) is 10.5 Å². The Morgan fingerprint density at radius 3 is 2.81 bits per heavy atom. The van der Waals surface area contributed by atoms with Crippen LogP contribution in [0.4, 0.5) is 11.6 Å². The lowest BCUT2D eigenvalue weighted by Crippen LogP contribution is -2.24. The number of benzene rings is 1. The molecule has 0 bridgehead atoms. The zero-order valence-corrected chi connectivity index (χ0v) is 18.1. The first kappa shape index (κ1) is 21.3. The lowest BCUT2D eigenvalue weighted by molar-refractivity contribution is -0.497. The summed E-state index contributed by atoms with van der Waals surface area (Å²) in [5.41, 5.74) is 6.36. The molecule has 4 aromatic rings. The van der Waals surface area contributed by atoms with Crippen LogP contribution in [-0.2, 0) is 13.1 Å². The number of nitrogens with zero attached hydrogens (tertiary/aromatic N) is 3. The van der Waals surface area contributed by atoms with E-state index >= 15 is 0 Å². The minimum Gasteiger partial charge on any atom is -0.447 e. The molecule has 0 atom stereocenters. The topological polar surface area (TPSA) is 121 Å². The van der Waals surface area contributed by atoms with E-state index in [0.717, 1.165) is 28.7 Å². The molecule has 1 amide bonds. The number of aryl methyl sites for hydroxylation is 1. The highest BCUT2D eigenvalue weighted by Gasteiger charge is 2.12. The average molecular weight is 451 g/mol. The molecule has 3 heterocycles. The quantitative estimate of drug-likeness (QED) is 0.319. The van der Waals surface area contributed by atoms with Crippen LogP contribution in [0.2, 0.25) is 0 Å². The highest BCUT2D eigenvalue weighted by molar-refractivity contribution is 7.13. The average Bonchev–Trinajstić information content (AvgIpc) is 3.48. The maximum atomic E-state index is 12.5. The third-order valence-electron chi connectivity index (χ3n) is 4.55. The number of aromatic amines is 1. The Kier molecular flexibility index (Phi) is 6.93. The summed E-state index contributed by atoms with van der Waals surface area (Å²) in [4.78, 5) is 19.6. The fourth-order valence-corrected chi connectivity index (χ4v) is 3.79. The largest absolute Gasteiger partial charge is 0.447 e. The van der Waals surface area contributed by atoms with E-state index < -0.39 is 0 Å². The normalized spacial score (nSPS) is 10.6. The first-order valence-corrected chi connectivity index (χ1v) is 11.0. The van der Waals surface area contributed by atoms with Gasteiger partial charge in [-0.1, -0.05) is 18.2 Å². The van der Waals surface area contributed by atoms with E-state index in [2.05, 4.69) is 25.8 Å². The van der Waals surface area contributed by atoms with Crippen molar-refractivity contribution in [2.75, 3.05) is 17.6 Å². The summed E-state index contributed by atoms with van der Waals surface area (Å²) in [6, 6.07) is 16.8. The van der Waals surface area contributed by atoms with Crippen molar-refractivity contribution in [3.05, 3.63) is 77.4 Å². The van der Waals surface area contributed by atoms with Crippen molar-refractivity contribution in [2.24, 2.45) is 0 Å². The van der Waals surface area contributed by atoms with Gasteiger partial charge < -0.3 is 21.1 Å². The van der Waals surface area contributed by atoms with Gasteiger partial charge in [0.15, 0.2) is 11.3 Å². The van der Waals surface area contributed by atoms with Crippen LogP contribution in [0.15, 0.2) is 67.0 Å². The number of thiophene rings is 1. The third kappa shape index (κ3) is 5.82. The molecule has 10 heteroatoms. The Morgan fingerprint density at radius 2 is 2.03 bits per heavy atom. The molecule has 0 saturated carbocycles. The van der Waals surface area contributed by atoms with Gasteiger partial charge in [-0.2, -0.15) is 5.10 Å². The molecular formula is C22H24N7O2S+. The van der Waals surface area contributed by atoms with Gasteiger partial charge in [-0.15, -0.1) is 11.3 Å². The summed E-state index contributed by atoms with van der Waals surface area (Å²) in [6.07, 6.45) is 4.34. The van der Waals surface area contributed by atoms with Crippen molar-refractivity contribution in [1.29, 1.82) is 0 Å². The van der Waals surface area contributed by atoms with Gasteiger partial charge in [0, 0.05) is 16.5 Å². The Balaban J connectivity index is 1.25. The Morgan fingerprint density at radius 1 is 1.16 bits per heavy atom. The highest BCUT2D eigenvalue weighted by atomic mass is 32.1. The van der Waals surface area contributed by atoms with Crippen molar-refractivity contribution in [3.63, 3.8) is 0 Å². The van der Waals surface area contributed by atoms with Gasteiger partial charge in [-0.05, 0) is 47.6 Å². The summed E-state index contributed by atoms with van der Waals surface area (Å²) in [5, 5.41) is 14.0. The summed E-state index contributed by atoms with van der Waals surface area (Å²) in [6.45, 7) is 1.85. The van der Waals surface area contributed by atoms with Crippen molar-refractivity contribution in [1.82, 2.24) is 20.2 Å². The van der Waals surface area contributed by atoms with Gasteiger partial charge in [0.2, 0.25) is 6.20 Å². The highest BCUT2D eigenvalue weighted by Crippen LogP contribution is 2.29. The summed E-state index contributed by atoms with van der Waals surface area (Å²) in [7, 11) is 0. The van der Waals surface area contributed by atoms with Crippen molar-refractivity contribution >= 4 is 28.9 Å². The van der Waals surface area contributed by atoms with Crippen LogP contribution in [0.3, 0.4) is 0 Å². The van der Waals surface area contributed by atoms with Crippen LogP contribution in [0.5, 0.6) is 10.8 Å². The first-order chi connectivity index (χ1) is 15.7. The molecule has 1 aromatic carbocycles. The number of ether oxygens (including phenoxy) is 1. The number of para-hydroxylation sites is 1. The summed E-state index contributed by atoms with van der Waals surface area (Å²) < 4.78 is 5.81. The number of pyridine rings is 1. The molecule has 164 valence electrons. The van der Waals surface area contributed by atoms with E-state index in [9.17, 15) is 4.79 Å². The maximum absolute atomic E-state index is 12.5. The predicted octanol–water partition coefficient (Wildman–Crippen LogP) is 2.96. The van der Waals surface area contributed by atoms with Crippen LogP contribution in [0, 0.1) is 0 Å². The van der Waals surface area contributed by atoms with E-state index in [1.807, 2.05) is 42.5 Å². The Bertz CT molecular complexity index is 1150. The molecule has 0 unspecified atom stereocenters. The van der Waals surface area contributed by atoms with Gasteiger partial charge in [0.1, 0.15) is 23.9 Å². The van der Waals surface area contributed by atoms with Gasteiger partial charge in [0.05, 0.1) is 12.1 Å². The molecule has 3 aromatic heterocycles. The molecule has 0 fully saturated rings. The number of carbonyl (C=O) groups excluding carboxylic acids is 1. The fourth-order valence-electron chi connectivity index (χ4n) is 2.97. The SMILES string of the molecule is Nc1nc(NCCCn2ncc[nH+]2)ccc1C(=O)NCc1ccc(Oc2ccccc2)s1. The van der Waals surface area contributed by atoms with Gasteiger partial charge in [-0.25, -0.2) is 4.98 Å². The number of aromatic nitrogens is 4. The van der Waals surface area contributed by atoms with Gasteiger partial charge >= 0.3 is 0 Å². The van der Waals surface area contributed by atoms with E-state index in [1.165, 1.54) is 11.3 Å². The molecule has 0 radical (unpaired) electrons. The molecule has 0 aliphatic rings. The minimum absolute atomic E-state index is 0.187. The molecule has 4 rings (SSSR count).